The van der Waals surface area contributed by atoms with Crippen molar-refractivity contribution < 1.29 is 9.59 Å². The minimum atomic E-state index is -0.533. The maximum Gasteiger partial charge on any atom is 0.233 e. The molecule has 0 aliphatic heterocycles. The maximum absolute atomic E-state index is 11.9. The molecule has 0 saturated carbocycles. The number of allylic oxidation sites excluding steroid dienone is 1. The number of fused-ring (bicyclic) bond motifs is 1. The molecule has 110 valence electrons. The number of hydrogen-bond donors (Lipinski definition) is 2. The van der Waals surface area contributed by atoms with Crippen LogP contribution in [0.15, 0.2) is 36.5 Å². The van der Waals surface area contributed by atoms with Gasteiger partial charge in [-0.2, -0.15) is 0 Å². The number of nitrogens with two attached hydrogens (primary N) is 1. The third-order valence-electron chi connectivity index (χ3n) is 3.45. The van der Waals surface area contributed by atoms with Crippen molar-refractivity contribution in [2.24, 2.45) is 0 Å². The van der Waals surface area contributed by atoms with Gasteiger partial charge in [-0.1, -0.05) is 24.3 Å². The zero-order chi connectivity index (χ0) is 15.7. The summed E-state index contributed by atoms with van der Waals surface area (Å²) in [6, 6.07) is 7.00. The van der Waals surface area contributed by atoms with E-state index in [2.05, 4.69) is 15.3 Å². The number of nitrogen functional groups attached to an aromatic ring is 1. The predicted molar refractivity (Wildman–Crippen MR) is 81.8 cm³/mol. The Hall–Kier alpha value is -3.02. The van der Waals surface area contributed by atoms with Gasteiger partial charge >= 0.3 is 0 Å². The highest BCUT2D eigenvalue weighted by Gasteiger charge is 2.25. The van der Waals surface area contributed by atoms with Crippen molar-refractivity contribution in [3.05, 3.63) is 59.1 Å². The van der Waals surface area contributed by atoms with Gasteiger partial charge in [0.2, 0.25) is 11.6 Å². The van der Waals surface area contributed by atoms with Crippen LogP contribution in [0.3, 0.4) is 0 Å². The topological polar surface area (TPSA) is 98.0 Å². The van der Waals surface area contributed by atoms with E-state index < -0.39 is 11.6 Å². The average Bonchev–Trinajstić information content (AvgIpc) is 2.51. The molecule has 0 bridgehead atoms. The molecule has 0 amide bonds. The van der Waals surface area contributed by atoms with Crippen LogP contribution in [0.2, 0.25) is 0 Å². The number of aryl methyl sites for hydroxylation is 1. The van der Waals surface area contributed by atoms with Crippen LogP contribution in [0.5, 0.6) is 0 Å². The summed E-state index contributed by atoms with van der Waals surface area (Å²) in [6.45, 7) is 2.13. The molecular formula is C16H14N4O2. The van der Waals surface area contributed by atoms with Gasteiger partial charge in [0, 0.05) is 41.2 Å². The van der Waals surface area contributed by atoms with Gasteiger partial charge in [0.05, 0.1) is 0 Å². The van der Waals surface area contributed by atoms with Crippen molar-refractivity contribution in [1.82, 2.24) is 15.3 Å². The zero-order valence-electron chi connectivity index (χ0n) is 12.0. The van der Waals surface area contributed by atoms with E-state index in [0.717, 1.165) is 5.56 Å². The Kier molecular flexibility index (Phi) is 3.42. The van der Waals surface area contributed by atoms with E-state index >= 15 is 0 Å². The van der Waals surface area contributed by atoms with Crippen LogP contribution >= 0.6 is 0 Å². The highest BCUT2D eigenvalue weighted by Crippen LogP contribution is 2.23. The second-order valence-electron chi connectivity index (χ2n) is 4.98. The SMILES string of the molecule is Cc1ncc(CNC2=CC(=O)C(=O)c3ccccc32)c(N)n1. The number of nitrogens with zero attached hydrogens (tertiary/aromatic N) is 2. The van der Waals surface area contributed by atoms with E-state index in [4.69, 9.17) is 5.73 Å². The fraction of sp³-hybridized carbons (Fsp3) is 0.125. The summed E-state index contributed by atoms with van der Waals surface area (Å²) in [5.41, 5.74) is 8.29. The first-order valence-corrected chi connectivity index (χ1v) is 6.78. The molecule has 1 aliphatic carbocycles. The first kappa shape index (κ1) is 13.9. The van der Waals surface area contributed by atoms with Crippen molar-refractivity contribution in [2.75, 3.05) is 5.73 Å². The molecule has 0 fully saturated rings. The Balaban J connectivity index is 1.87. The molecule has 2 aromatic rings. The predicted octanol–water partition coefficient (Wildman–Crippen LogP) is 1.26. The Morgan fingerprint density at radius 3 is 2.64 bits per heavy atom. The first-order chi connectivity index (χ1) is 10.6. The van der Waals surface area contributed by atoms with E-state index in [0.29, 0.717) is 35.0 Å². The maximum atomic E-state index is 11.9. The number of hydrogen-bond acceptors (Lipinski definition) is 6. The van der Waals surface area contributed by atoms with E-state index in [1.165, 1.54) is 6.08 Å². The lowest BCUT2D eigenvalue weighted by Crippen LogP contribution is -2.24. The van der Waals surface area contributed by atoms with Crippen molar-refractivity contribution in [3.63, 3.8) is 0 Å². The lowest BCUT2D eigenvalue weighted by molar-refractivity contribution is -0.111. The molecule has 0 unspecified atom stereocenters. The molecule has 6 nitrogen and oxygen atoms in total. The molecule has 1 heterocycles. The van der Waals surface area contributed by atoms with E-state index in [9.17, 15) is 9.59 Å². The minimum Gasteiger partial charge on any atom is -0.383 e. The van der Waals surface area contributed by atoms with Crippen LogP contribution < -0.4 is 11.1 Å². The molecule has 6 heteroatoms. The van der Waals surface area contributed by atoms with Gasteiger partial charge in [-0.15, -0.1) is 0 Å². The number of carbonyl (C=O) groups excluding carboxylic acids is 2. The Labute approximate surface area is 127 Å². The number of anilines is 1. The van der Waals surface area contributed by atoms with Crippen molar-refractivity contribution in [3.8, 4) is 0 Å². The summed E-state index contributed by atoms with van der Waals surface area (Å²) in [7, 11) is 0. The molecule has 0 atom stereocenters. The van der Waals surface area contributed by atoms with Gasteiger partial charge in [0.15, 0.2) is 0 Å². The summed E-state index contributed by atoms with van der Waals surface area (Å²) >= 11 is 0. The fourth-order valence-corrected chi connectivity index (χ4v) is 2.31. The van der Waals surface area contributed by atoms with Gasteiger partial charge in [-0.3, -0.25) is 9.59 Å². The second kappa shape index (κ2) is 5.40. The average molecular weight is 294 g/mol. The molecule has 1 aliphatic rings. The number of rotatable bonds is 3. The van der Waals surface area contributed by atoms with E-state index in [-0.39, 0.29) is 0 Å². The van der Waals surface area contributed by atoms with Gasteiger partial charge in [0.1, 0.15) is 11.6 Å². The Morgan fingerprint density at radius 1 is 1.18 bits per heavy atom. The van der Waals surface area contributed by atoms with Crippen molar-refractivity contribution in [2.45, 2.75) is 13.5 Å². The number of benzene rings is 1. The smallest absolute Gasteiger partial charge is 0.233 e. The molecule has 3 rings (SSSR count). The highest BCUT2D eigenvalue weighted by atomic mass is 16.2. The lowest BCUT2D eigenvalue weighted by Gasteiger charge is -2.18. The summed E-state index contributed by atoms with van der Waals surface area (Å²) in [5, 5.41) is 3.13. The molecule has 0 spiro atoms. The van der Waals surface area contributed by atoms with Crippen molar-refractivity contribution in [1.29, 1.82) is 0 Å². The van der Waals surface area contributed by atoms with Gasteiger partial charge in [-0.05, 0) is 6.92 Å². The summed E-state index contributed by atoms with van der Waals surface area (Å²) in [6.07, 6.45) is 2.96. The van der Waals surface area contributed by atoms with E-state index in [1.54, 1.807) is 31.3 Å². The van der Waals surface area contributed by atoms with Gasteiger partial charge in [0.25, 0.3) is 0 Å². The van der Waals surface area contributed by atoms with Crippen molar-refractivity contribution >= 4 is 23.1 Å². The van der Waals surface area contributed by atoms with Crippen LogP contribution in [0.4, 0.5) is 5.82 Å². The number of carbonyl (C=O) groups is 2. The monoisotopic (exact) mass is 294 g/mol. The third kappa shape index (κ3) is 2.46. The van der Waals surface area contributed by atoms with Crippen LogP contribution in [0, 0.1) is 6.92 Å². The molecule has 22 heavy (non-hydrogen) atoms. The third-order valence-corrected chi connectivity index (χ3v) is 3.45. The molecule has 0 saturated heterocycles. The number of aromatic nitrogens is 2. The fourth-order valence-electron chi connectivity index (χ4n) is 2.31. The van der Waals surface area contributed by atoms with Crippen LogP contribution in [0.25, 0.3) is 5.70 Å². The standard InChI is InChI=1S/C16H14N4O2/c1-9-18-7-10(16(17)20-9)8-19-13-6-14(21)15(22)12-5-3-2-4-11(12)13/h2-7,19H,8H2,1H3,(H2,17,18,20). The van der Waals surface area contributed by atoms with Gasteiger partial charge in [-0.25, -0.2) is 9.97 Å². The quantitative estimate of drug-likeness (QED) is 0.827. The molecule has 1 aromatic carbocycles. The zero-order valence-corrected chi connectivity index (χ0v) is 12.0. The molecule has 0 radical (unpaired) electrons. The minimum absolute atomic E-state index is 0.369. The van der Waals surface area contributed by atoms with Crippen LogP contribution in [0.1, 0.15) is 27.3 Å². The normalized spacial score (nSPS) is 13.6. The lowest BCUT2D eigenvalue weighted by atomic mass is 9.93. The summed E-state index contributed by atoms with van der Waals surface area (Å²) in [4.78, 5) is 31.8. The molecule has 1 aromatic heterocycles. The number of nitrogens with one attached hydrogen (secondary N) is 1. The second-order valence-corrected chi connectivity index (χ2v) is 4.98. The van der Waals surface area contributed by atoms with Gasteiger partial charge < -0.3 is 11.1 Å². The summed E-state index contributed by atoms with van der Waals surface area (Å²) in [5.74, 6) is -0.0231. The Morgan fingerprint density at radius 2 is 1.91 bits per heavy atom. The molecular weight excluding hydrogens is 280 g/mol. The molecule has 3 N–H and O–H groups in total. The van der Waals surface area contributed by atoms with Crippen LogP contribution in [-0.4, -0.2) is 21.5 Å². The number of Topliss-reactive ketones (excluding diaryl/α,β-unsaturated/α-hetero) is 1. The highest BCUT2D eigenvalue weighted by molar-refractivity contribution is 6.50. The van der Waals surface area contributed by atoms with Crippen LogP contribution in [-0.2, 0) is 11.3 Å². The largest absolute Gasteiger partial charge is 0.383 e. The first-order valence-electron chi connectivity index (χ1n) is 6.78. The summed E-state index contributed by atoms with van der Waals surface area (Å²) < 4.78 is 0. The Bertz CT molecular complexity index is 812. The van der Waals surface area contributed by atoms with E-state index in [1.807, 2.05) is 6.07 Å². The number of ketones is 2.